The molecule has 1 aliphatic heterocycles. The maximum Gasteiger partial charge on any atom is 0.160 e. The highest BCUT2D eigenvalue weighted by Gasteiger charge is 2.28. The van der Waals surface area contributed by atoms with Crippen LogP contribution < -0.4 is 0 Å². The van der Waals surface area contributed by atoms with Gasteiger partial charge in [0.05, 0.1) is 12.7 Å². The van der Waals surface area contributed by atoms with E-state index in [1.807, 2.05) is 0 Å². The lowest BCUT2D eigenvalue weighted by Crippen LogP contribution is -2.42. The first-order valence-electron chi connectivity index (χ1n) is 8.83. The van der Waals surface area contributed by atoms with Crippen molar-refractivity contribution in [3.63, 3.8) is 0 Å². The molecule has 1 heterocycles. The van der Waals surface area contributed by atoms with Gasteiger partial charge in [-0.25, -0.2) is 0 Å². The molecular formula is C17H34O4. The number of rotatable bonds is 12. The summed E-state index contributed by atoms with van der Waals surface area (Å²) in [4.78, 5) is 0. The van der Waals surface area contributed by atoms with Crippen LogP contribution in [0.15, 0.2) is 0 Å². The molecule has 0 amide bonds. The van der Waals surface area contributed by atoms with E-state index in [1.54, 1.807) is 0 Å². The van der Waals surface area contributed by atoms with Crippen molar-refractivity contribution < 1.29 is 19.7 Å². The first-order valence-corrected chi connectivity index (χ1v) is 8.83. The SMILES string of the molecule is CCCCCCCCCCCCO[C@@H]1C[C@@H](O)[C@H](O)CO1. The van der Waals surface area contributed by atoms with E-state index >= 15 is 0 Å². The van der Waals surface area contributed by atoms with E-state index in [2.05, 4.69) is 6.92 Å². The van der Waals surface area contributed by atoms with Gasteiger partial charge in [0.1, 0.15) is 6.10 Å². The molecule has 1 rings (SSSR count). The predicted octanol–water partition coefficient (Wildman–Crippen LogP) is 3.39. The van der Waals surface area contributed by atoms with Gasteiger partial charge in [0.15, 0.2) is 6.29 Å². The number of aliphatic hydroxyl groups is 2. The van der Waals surface area contributed by atoms with Crippen LogP contribution in [0, 0.1) is 0 Å². The van der Waals surface area contributed by atoms with Crippen molar-refractivity contribution in [3.05, 3.63) is 0 Å². The lowest BCUT2D eigenvalue weighted by Gasteiger charge is -2.30. The summed E-state index contributed by atoms with van der Waals surface area (Å²) in [5.41, 5.74) is 0. The van der Waals surface area contributed by atoms with Gasteiger partial charge in [-0.15, -0.1) is 0 Å². The van der Waals surface area contributed by atoms with Crippen molar-refractivity contribution in [2.75, 3.05) is 13.2 Å². The number of aliphatic hydroxyl groups excluding tert-OH is 2. The molecule has 0 aromatic heterocycles. The molecule has 126 valence electrons. The number of unbranched alkanes of at least 4 members (excludes halogenated alkanes) is 9. The topological polar surface area (TPSA) is 58.9 Å². The summed E-state index contributed by atoms with van der Waals surface area (Å²) < 4.78 is 10.9. The Morgan fingerprint density at radius 2 is 1.43 bits per heavy atom. The Hall–Kier alpha value is -0.160. The van der Waals surface area contributed by atoms with Gasteiger partial charge < -0.3 is 19.7 Å². The predicted molar refractivity (Wildman–Crippen MR) is 84.2 cm³/mol. The molecule has 0 aliphatic carbocycles. The van der Waals surface area contributed by atoms with Crippen LogP contribution in [0.2, 0.25) is 0 Å². The molecule has 21 heavy (non-hydrogen) atoms. The Morgan fingerprint density at radius 1 is 0.857 bits per heavy atom. The van der Waals surface area contributed by atoms with E-state index in [-0.39, 0.29) is 12.9 Å². The van der Waals surface area contributed by atoms with Crippen molar-refractivity contribution in [1.82, 2.24) is 0 Å². The maximum atomic E-state index is 9.52. The van der Waals surface area contributed by atoms with Gasteiger partial charge in [-0.05, 0) is 6.42 Å². The smallest absolute Gasteiger partial charge is 0.160 e. The normalized spacial score (nSPS) is 26.1. The minimum absolute atomic E-state index is 0.171. The first kappa shape index (κ1) is 18.9. The van der Waals surface area contributed by atoms with Crippen molar-refractivity contribution in [1.29, 1.82) is 0 Å². The summed E-state index contributed by atoms with van der Waals surface area (Å²) in [6, 6.07) is 0. The minimum Gasteiger partial charge on any atom is -0.390 e. The van der Waals surface area contributed by atoms with Crippen LogP contribution in [0.1, 0.15) is 77.6 Å². The van der Waals surface area contributed by atoms with Crippen LogP contribution in [0.3, 0.4) is 0 Å². The highest BCUT2D eigenvalue weighted by Crippen LogP contribution is 2.16. The summed E-state index contributed by atoms with van der Waals surface area (Å²) >= 11 is 0. The van der Waals surface area contributed by atoms with Crippen molar-refractivity contribution in [2.24, 2.45) is 0 Å². The second-order valence-electron chi connectivity index (χ2n) is 6.19. The molecule has 3 atom stereocenters. The van der Waals surface area contributed by atoms with Crippen LogP contribution >= 0.6 is 0 Å². The molecule has 1 fully saturated rings. The Morgan fingerprint density at radius 3 is 2.00 bits per heavy atom. The summed E-state index contributed by atoms with van der Waals surface area (Å²) in [5.74, 6) is 0. The second-order valence-corrected chi connectivity index (χ2v) is 6.19. The molecule has 1 aliphatic rings. The zero-order valence-corrected chi connectivity index (χ0v) is 13.6. The van der Waals surface area contributed by atoms with E-state index in [4.69, 9.17) is 9.47 Å². The van der Waals surface area contributed by atoms with Crippen LogP contribution in [0.25, 0.3) is 0 Å². The summed E-state index contributed by atoms with van der Waals surface area (Å²) in [6.45, 7) is 3.11. The minimum atomic E-state index is -0.762. The monoisotopic (exact) mass is 302 g/mol. The Labute approximate surface area is 129 Å². The first-order chi connectivity index (χ1) is 10.2. The largest absolute Gasteiger partial charge is 0.390 e. The van der Waals surface area contributed by atoms with Crippen molar-refractivity contribution in [3.8, 4) is 0 Å². The van der Waals surface area contributed by atoms with Gasteiger partial charge in [-0.2, -0.15) is 0 Å². The third kappa shape index (κ3) is 9.46. The van der Waals surface area contributed by atoms with E-state index in [1.165, 1.54) is 57.8 Å². The molecule has 0 aromatic rings. The average Bonchev–Trinajstić information content (AvgIpc) is 2.48. The molecule has 0 radical (unpaired) electrons. The van der Waals surface area contributed by atoms with Crippen LogP contribution in [0.4, 0.5) is 0 Å². The van der Waals surface area contributed by atoms with E-state index < -0.39 is 12.2 Å². The van der Waals surface area contributed by atoms with Gasteiger partial charge in [-0.1, -0.05) is 64.7 Å². The Kier molecular flexibility index (Phi) is 11.1. The number of ether oxygens (including phenoxy) is 2. The highest BCUT2D eigenvalue weighted by molar-refractivity contribution is 4.73. The third-order valence-corrected chi connectivity index (χ3v) is 4.13. The third-order valence-electron chi connectivity index (χ3n) is 4.13. The molecule has 4 heteroatoms. The van der Waals surface area contributed by atoms with Crippen molar-refractivity contribution in [2.45, 2.75) is 96.1 Å². The quantitative estimate of drug-likeness (QED) is 0.543. The van der Waals surface area contributed by atoms with Gasteiger partial charge >= 0.3 is 0 Å². The van der Waals surface area contributed by atoms with Gasteiger partial charge in [0, 0.05) is 13.0 Å². The molecule has 0 bridgehead atoms. The zero-order valence-electron chi connectivity index (χ0n) is 13.6. The highest BCUT2D eigenvalue weighted by atomic mass is 16.7. The molecule has 0 spiro atoms. The van der Waals surface area contributed by atoms with Gasteiger partial charge in [0.2, 0.25) is 0 Å². The van der Waals surface area contributed by atoms with Gasteiger partial charge in [-0.3, -0.25) is 0 Å². The van der Waals surface area contributed by atoms with Gasteiger partial charge in [0.25, 0.3) is 0 Å². The fourth-order valence-electron chi connectivity index (χ4n) is 2.66. The average molecular weight is 302 g/mol. The Bertz CT molecular complexity index is 235. The second kappa shape index (κ2) is 12.4. The lowest BCUT2D eigenvalue weighted by atomic mass is 10.1. The number of hydrogen-bond donors (Lipinski definition) is 2. The van der Waals surface area contributed by atoms with E-state index in [0.717, 1.165) is 6.42 Å². The van der Waals surface area contributed by atoms with E-state index in [9.17, 15) is 10.2 Å². The fraction of sp³-hybridized carbons (Fsp3) is 1.00. The molecule has 0 aromatic carbocycles. The molecular weight excluding hydrogens is 268 g/mol. The van der Waals surface area contributed by atoms with Crippen LogP contribution in [0.5, 0.6) is 0 Å². The summed E-state index contributed by atoms with van der Waals surface area (Å²) in [6.07, 6.45) is 11.7. The Balaban J connectivity index is 1.80. The standard InChI is InChI=1S/C17H34O4/c1-2-3-4-5-6-7-8-9-10-11-12-20-17-13-15(18)16(19)14-21-17/h15-19H,2-14H2,1H3/t15-,16-,17+/m1/s1. The van der Waals surface area contributed by atoms with Crippen LogP contribution in [-0.4, -0.2) is 41.9 Å². The fourth-order valence-corrected chi connectivity index (χ4v) is 2.66. The van der Waals surface area contributed by atoms with Crippen molar-refractivity contribution >= 4 is 0 Å². The number of hydrogen-bond acceptors (Lipinski definition) is 4. The maximum absolute atomic E-state index is 9.52. The summed E-state index contributed by atoms with van der Waals surface area (Å²) in [5, 5.41) is 18.8. The lowest BCUT2D eigenvalue weighted by molar-refractivity contribution is -0.216. The molecule has 0 unspecified atom stereocenters. The summed E-state index contributed by atoms with van der Waals surface area (Å²) in [7, 11) is 0. The zero-order chi connectivity index (χ0) is 15.3. The van der Waals surface area contributed by atoms with E-state index in [0.29, 0.717) is 13.0 Å². The van der Waals surface area contributed by atoms with Crippen LogP contribution in [-0.2, 0) is 9.47 Å². The molecule has 1 saturated heterocycles. The molecule has 0 saturated carbocycles. The molecule has 2 N–H and O–H groups in total. The molecule has 4 nitrogen and oxygen atoms in total.